The SMILES string of the molecule is CN(CC(=O)Nc1ccc(F)cc1)C(=O)c1ccc(Br)o1. The highest BCUT2D eigenvalue weighted by Crippen LogP contribution is 2.15. The summed E-state index contributed by atoms with van der Waals surface area (Å²) in [5, 5.41) is 2.57. The zero-order valence-electron chi connectivity index (χ0n) is 11.1. The van der Waals surface area contributed by atoms with Crippen LogP contribution in [0.4, 0.5) is 10.1 Å². The molecule has 0 radical (unpaired) electrons. The molecule has 2 rings (SSSR count). The second-order valence-corrected chi connectivity index (χ2v) is 5.10. The topological polar surface area (TPSA) is 62.6 Å². The lowest BCUT2D eigenvalue weighted by molar-refractivity contribution is -0.116. The van der Waals surface area contributed by atoms with Crippen LogP contribution < -0.4 is 5.32 Å². The van der Waals surface area contributed by atoms with Crippen molar-refractivity contribution in [3.8, 4) is 0 Å². The Morgan fingerprint density at radius 1 is 1.24 bits per heavy atom. The Labute approximate surface area is 128 Å². The van der Waals surface area contributed by atoms with Crippen LogP contribution in [0, 0.1) is 5.82 Å². The minimum atomic E-state index is -0.407. The van der Waals surface area contributed by atoms with Gasteiger partial charge in [-0.1, -0.05) is 0 Å². The summed E-state index contributed by atoms with van der Waals surface area (Å²) < 4.78 is 18.3. The van der Waals surface area contributed by atoms with Gasteiger partial charge in [-0.15, -0.1) is 0 Å². The van der Waals surface area contributed by atoms with E-state index in [-0.39, 0.29) is 24.0 Å². The molecule has 5 nitrogen and oxygen atoms in total. The van der Waals surface area contributed by atoms with Crippen molar-refractivity contribution in [3.63, 3.8) is 0 Å². The summed E-state index contributed by atoms with van der Waals surface area (Å²) in [6.45, 7) is -0.144. The number of hydrogen-bond donors (Lipinski definition) is 1. The number of nitrogens with zero attached hydrogens (tertiary/aromatic N) is 1. The smallest absolute Gasteiger partial charge is 0.289 e. The number of nitrogens with one attached hydrogen (secondary N) is 1. The maximum atomic E-state index is 12.7. The summed E-state index contributed by atoms with van der Waals surface area (Å²) in [5.41, 5.74) is 0.461. The highest BCUT2D eigenvalue weighted by atomic mass is 79.9. The summed E-state index contributed by atoms with van der Waals surface area (Å²) in [4.78, 5) is 25.0. The summed E-state index contributed by atoms with van der Waals surface area (Å²) in [7, 11) is 1.49. The van der Waals surface area contributed by atoms with E-state index in [1.165, 1.54) is 42.3 Å². The van der Waals surface area contributed by atoms with Crippen molar-refractivity contribution in [2.24, 2.45) is 0 Å². The van der Waals surface area contributed by atoms with Crippen LogP contribution in [0.15, 0.2) is 45.5 Å². The molecular weight excluding hydrogens is 343 g/mol. The minimum Gasteiger partial charge on any atom is -0.444 e. The molecule has 1 aromatic heterocycles. The normalized spacial score (nSPS) is 10.2. The molecule has 110 valence electrons. The van der Waals surface area contributed by atoms with Crippen molar-refractivity contribution < 1.29 is 18.4 Å². The van der Waals surface area contributed by atoms with Crippen molar-refractivity contribution in [3.05, 3.63) is 52.6 Å². The van der Waals surface area contributed by atoms with Crippen molar-refractivity contribution >= 4 is 33.4 Å². The lowest BCUT2D eigenvalue weighted by Gasteiger charge is -2.15. The van der Waals surface area contributed by atoms with Gasteiger partial charge < -0.3 is 14.6 Å². The van der Waals surface area contributed by atoms with Crippen LogP contribution in [-0.4, -0.2) is 30.3 Å². The van der Waals surface area contributed by atoms with Gasteiger partial charge in [-0.05, 0) is 52.3 Å². The molecule has 1 aromatic carbocycles. The Morgan fingerprint density at radius 2 is 1.90 bits per heavy atom. The van der Waals surface area contributed by atoms with Crippen molar-refractivity contribution in [1.29, 1.82) is 0 Å². The largest absolute Gasteiger partial charge is 0.444 e. The number of carbonyl (C=O) groups excluding carboxylic acids is 2. The molecule has 1 N–H and O–H groups in total. The number of likely N-dealkylation sites (N-methyl/N-ethyl adjacent to an activating group) is 1. The molecule has 0 spiro atoms. The molecule has 0 saturated carbocycles. The van der Waals surface area contributed by atoms with Crippen molar-refractivity contribution in [2.45, 2.75) is 0 Å². The second kappa shape index (κ2) is 6.53. The third kappa shape index (κ3) is 4.16. The second-order valence-electron chi connectivity index (χ2n) is 4.32. The highest BCUT2D eigenvalue weighted by molar-refractivity contribution is 9.10. The van der Waals surface area contributed by atoms with Crippen molar-refractivity contribution in [2.75, 3.05) is 18.9 Å². The summed E-state index contributed by atoms with van der Waals surface area (Å²) in [6.07, 6.45) is 0. The first-order valence-corrected chi connectivity index (χ1v) is 6.81. The van der Waals surface area contributed by atoms with Gasteiger partial charge in [0.05, 0.1) is 6.54 Å². The lowest BCUT2D eigenvalue weighted by atomic mass is 10.3. The monoisotopic (exact) mass is 354 g/mol. The zero-order valence-corrected chi connectivity index (χ0v) is 12.7. The van der Waals surface area contributed by atoms with Crippen LogP contribution in [-0.2, 0) is 4.79 Å². The average molecular weight is 355 g/mol. The third-order valence-corrected chi connectivity index (χ3v) is 3.07. The van der Waals surface area contributed by atoms with E-state index >= 15 is 0 Å². The number of carbonyl (C=O) groups is 2. The molecule has 2 aromatic rings. The third-order valence-electron chi connectivity index (χ3n) is 2.64. The Hall–Kier alpha value is -2.15. The Kier molecular flexibility index (Phi) is 4.74. The van der Waals surface area contributed by atoms with Gasteiger partial charge in [0.15, 0.2) is 10.4 Å². The van der Waals surface area contributed by atoms with Gasteiger partial charge in [-0.25, -0.2) is 4.39 Å². The molecule has 0 aliphatic heterocycles. The van der Waals surface area contributed by atoms with E-state index < -0.39 is 5.91 Å². The average Bonchev–Trinajstić information content (AvgIpc) is 2.87. The first-order chi connectivity index (χ1) is 9.95. The Morgan fingerprint density at radius 3 is 2.48 bits per heavy atom. The van der Waals surface area contributed by atoms with E-state index in [2.05, 4.69) is 21.2 Å². The predicted octanol–water partition coefficient (Wildman–Crippen LogP) is 2.89. The van der Waals surface area contributed by atoms with E-state index in [0.717, 1.165) is 0 Å². The Balaban J connectivity index is 1.92. The van der Waals surface area contributed by atoms with Gasteiger partial charge in [0.25, 0.3) is 5.91 Å². The fourth-order valence-corrected chi connectivity index (χ4v) is 1.94. The van der Waals surface area contributed by atoms with Crippen LogP contribution in [0.3, 0.4) is 0 Å². The molecule has 1 heterocycles. The van der Waals surface area contributed by atoms with Crippen LogP contribution in [0.2, 0.25) is 0 Å². The fourth-order valence-electron chi connectivity index (χ4n) is 1.64. The number of anilines is 1. The van der Waals surface area contributed by atoms with E-state index in [9.17, 15) is 14.0 Å². The molecule has 0 aliphatic carbocycles. The molecule has 21 heavy (non-hydrogen) atoms. The van der Waals surface area contributed by atoms with Gasteiger partial charge in [0, 0.05) is 12.7 Å². The quantitative estimate of drug-likeness (QED) is 0.918. The lowest BCUT2D eigenvalue weighted by Crippen LogP contribution is -2.34. The Bertz CT molecular complexity index is 654. The van der Waals surface area contributed by atoms with Crippen molar-refractivity contribution in [1.82, 2.24) is 4.90 Å². The first kappa shape index (κ1) is 15.2. The highest BCUT2D eigenvalue weighted by Gasteiger charge is 2.18. The van der Waals surface area contributed by atoms with Gasteiger partial charge in [-0.3, -0.25) is 9.59 Å². The van der Waals surface area contributed by atoms with Gasteiger partial charge in [0.2, 0.25) is 5.91 Å². The number of halogens is 2. The number of hydrogen-bond acceptors (Lipinski definition) is 3. The van der Waals surface area contributed by atoms with Crippen LogP contribution in [0.25, 0.3) is 0 Å². The van der Waals surface area contributed by atoms with Crippen LogP contribution >= 0.6 is 15.9 Å². The minimum absolute atomic E-state index is 0.138. The standard InChI is InChI=1S/C14H12BrFN2O3/c1-18(14(20)11-6-7-12(15)21-11)8-13(19)17-10-4-2-9(16)3-5-10/h2-7H,8H2,1H3,(H,17,19). The van der Waals surface area contributed by atoms with E-state index in [1.54, 1.807) is 6.07 Å². The number of amides is 2. The molecule has 0 saturated heterocycles. The maximum Gasteiger partial charge on any atom is 0.289 e. The van der Waals surface area contributed by atoms with Crippen LogP contribution in [0.5, 0.6) is 0 Å². The van der Waals surface area contributed by atoms with E-state index in [4.69, 9.17) is 4.42 Å². The maximum absolute atomic E-state index is 12.7. The summed E-state index contributed by atoms with van der Waals surface area (Å²) in [5.74, 6) is -1.04. The van der Waals surface area contributed by atoms with Gasteiger partial charge in [0.1, 0.15) is 5.82 Å². The number of rotatable bonds is 4. The molecule has 0 unspecified atom stereocenters. The van der Waals surface area contributed by atoms with Gasteiger partial charge >= 0.3 is 0 Å². The summed E-state index contributed by atoms with van der Waals surface area (Å²) >= 11 is 3.10. The molecule has 2 amide bonds. The van der Waals surface area contributed by atoms with Gasteiger partial charge in [-0.2, -0.15) is 0 Å². The fraction of sp³-hybridized carbons (Fsp3) is 0.143. The predicted molar refractivity (Wildman–Crippen MR) is 78.4 cm³/mol. The van der Waals surface area contributed by atoms with E-state index in [1.807, 2.05) is 0 Å². The number of furan rings is 1. The molecule has 0 atom stereocenters. The van der Waals surface area contributed by atoms with E-state index in [0.29, 0.717) is 10.4 Å². The molecule has 7 heteroatoms. The summed E-state index contributed by atoms with van der Waals surface area (Å²) in [6, 6.07) is 8.48. The molecule has 0 aliphatic rings. The number of benzene rings is 1. The molecule has 0 bridgehead atoms. The van der Waals surface area contributed by atoms with Crippen LogP contribution in [0.1, 0.15) is 10.6 Å². The molecular formula is C14H12BrFN2O3. The molecule has 0 fully saturated rings. The zero-order chi connectivity index (χ0) is 15.4. The first-order valence-electron chi connectivity index (χ1n) is 6.02.